The van der Waals surface area contributed by atoms with Crippen LogP contribution in [0, 0.1) is 11.3 Å². The topological polar surface area (TPSA) is 115 Å². The minimum absolute atomic E-state index is 0.00116. The number of esters is 1. The van der Waals surface area contributed by atoms with Crippen molar-refractivity contribution >= 4 is 40.0 Å². The van der Waals surface area contributed by atoms with Gasteiger partial charge in [0, 0.05) is 24.1 Å². The Hall–Kier alpha value is -1.77. The first-order valence-corrected chi connectivity index (χ1v) is 10.7. The third-order valence-corrected chi connectivity index (χ3v) is 6.04. The molecule has 0 bridgehead atoms. The van der Waals surface area contributed by atoms with Gasteiger partial charge in [0.25, 0.3) is 0 Å². The average Bonchev–Trinajstić information content (AvgIpc) is 3.20. The number of aliphatic hydroxyl groups is 1. The maximum atomic E-state index is 11.2. The summed E-state index contributed by atoms with van der Waals surface area (Å²) in [4.78, 5) is 20.4. The van der Waals surface area contributed by atoms with Crippen LogP contribution in [0.3, 0.4) is 0 Å². The van der Waals surface area contributed by atoms with Gasteiger partial charge in [0.2, 0.25) is 5.60 Å². The van der Waals surface area contributed by atoms with Gasteiger partial charge < -0.3 is 19.3 Å². The van der Waals surface area contributed by atoms with Crippen LogP contribution in [0.4, 0.5) is 0 Å². The molecule has 1 aliphatic rings. The highest BCUT2D eigenvalue weighted by atomic mass is 32.2. The number of fused-ring (bicyclic) bond motifs is 1. The van der Waals surface area contributed by atoms with Crippen LogP contribution in [0.25, 0.3) is 10.9 Å². The molecule has 150 valence electrons. The Bertz CT molecular complexity index is 920. The lowest BCUT2D eigenvalue weighted by atomic mass is 9.94. The lowest BCUT2D eigenvalue weighted by Crippen LogP contribution is -2.41. The fourth-order valence-corrected chi connectivity index (χ4v) is 4.93. The van der Waals surface area contributed by atoms with Gasteiger partial charge in [-0.25, -0.2) is 9.97 Å². The lowest BCUT2D eigenvalue weighted by Gasteiger charge is -2.31. The van der Waals surface area contributed by atoms with Crippen molar-refractivity contribution in [2.24, 2.45) is 0 Å². The molecule has 1 fully saturated rings. The summed E-state index contributed by atoms with van der Waals surface area (Å²) in [6, 6.07) is 2.24. The maximum Gasteiger partial charge on any atom is 0.302 e. The van der Waals surface area contributed by atoms with E-state index in [9.17, 15) is 15.2 Å². The summed E-state index contributed by atoms with van der Waals surface area (Å²) >= 11 is 2.82. The fourth-order valence-electron chi connectivity index (χ4n) is 3.20. The van der Waals surface area contributed by atoms with E-state index >= 15 is 0 Å². The third-order valence-electron chi connectivity index (χ3n) is 4.24. The first-order valence-electron chi connectivity index (χ1n) is 8.59. The van der Waals surface area contributed by atoms with Gasteiger partial charge in [-0.3, -0.25) is 4.79 Å². The highest BCUT2D eigenvalue weighted by molar-refractivity contribution is 7.98. The van der Waals surface area contributed by atoms with Crippen molar-refractivity contribution in [1.82, 2.24) is 9.97 Å². The predicted octanol–water partition coefficient (Wildman–Crippen LogP) is 2.60. The molecule has 0 saturated carbocycles. The number of hydrogen-bond donors (Lipinski definition) is 1. The summed E-state index contributed by atoms with van der Waals surface area (Å²) in [6.45, 7) is 4.30. The molecule has 0 amide bonds. The predicted molar refractivity (Wildman–Crippen MR) is 104 cm³/mol. The summed E-state index contributed by atoms with van der Waals surface area (Å²) in [5.74, 6) is -1.91. The smallest absolute Gasteiger partial charge is 0.302 e. The molecule has 0 aromatic carbocycles. The Morgan fingerprint density at radius 1 is 1.57 bits per heavy atom. The van der Waals surface area contributed by atoms with Gasteiger partial charge in [0.1, 0.15) is 30.1 Å². The number of hydrogen-bond acceptors (Lipinski definition) is 10. The van der Waals surface area contributed by atoms with Gasteiger partial charge >= 0.3 is 5.97 Å². The Labute approximate surface area is 170 Å². The number of aromatic nitrogens is 2. The normalized spacial score (nSPS) is 25.0. The zero-order valence-electron chi connectivity index (χ0n) is 16.0. The van der Waals surface area contributed by atoms with E-state index in [1.807, 2.05) is 11.6 Å². The van der Waals surface area contributed by atoms with Crippen LogP contribution in [-0.4, -0.2) is 51.9 Å². The van der Waals surface area contributed by atoms with E-state index in [-0.39, 0.29) is 13.0 Å². The molecule has 1 N–H and O–H groups in total. The molecule has 3 atom stereocenters. The molecule has 3 rings (SSSR count). The van der Waals surface area contributed by atoms with E-state index in [4.69, 9.17) is 14.2 Å². The van der Waals surface area contributed by atoms with Crippen LogP contribution in [0.1, 0.15) is 32.1 Å². The summed E-state index contributed by atoms with van der Waals surface area (Å²) in [7, 11) is 0. The van der Waals surface area contributed by atoms with Crippen molar-refractivity contribution in [3.8, 4) is 6.07 Å². The van der Waals surface area contributed by atoms with E-state index in [1.165, 1.54) is 50.2 Å². The van der Waals surface area contributed by atoms with E-state index in [2.05, 4.69) is 16.0 Å². The highest BCUT2D eigenvalue weighted by Crippen LogP contribution is 2.47. The molecule has 8 nitrogen and oxygen atoms in total. The van der Waals surface area contributed by atoms with Gasteiger partial charge in [-0.15, -0.1) is 23.1 Å². The van der Waals surface area contributed by atoms with E-state index < -0.39 is 29.6 Å². The molecule has 0 aliphatic carbocycles. The van der Waals surface area contributed by atoms with Gasteiger partial charge in [-0.05, 0) is 20.1 Å². The van der Waals surface area contributed by atoms with Crippen molar-refractivity contribution < 1.29 is 24.1 Å². The number of thioether (sulfide) groups is 1. The van der Waals surface area contributed by atoms with Gasteiger partial charge in [-0.1, -0.05) is 0 Å². The van der Waals surface area contributed by atoms with E-state index in [0.717, 1.165) is 10.4 Å². The Morgan fingerprint density at radius 2 is 2.32 bits per heavy atom. The number of nitriles is 1. The molecule has 1 saturated heterocycles. The highest BCUT2D eigenvalue weighted by Gasteiger charge is 2.55. The second-order valence-corrected chi connectivity index (χ2v) is 8.56. The van der Waals surface area contributed by atoms with Crippen LogP contribution >= 0.6 is 23.1 Å². The number of carbonyl (C=O) groups excluding carboxylic acids is 1. The lowest BCUT2D eigenvalue weighted by molar-refractivity contribution is -0.225. The molecule has 3 heterocycles. The number of ether oxygens (including phenoxy) is 3. The second-order valence-electron chi connectivity index (χ2n) is 6.89. The first-order chi connectivity index (χ1) is 13.2. The molecule has 0 radical (unpaired) electrons. The number of thiophene rings is 1. The van der Waals surface area contributed by atoms with E-state index in [0.29, 0.717) is 10.4 Å². The van der Waals surface area contributed by atoms with Crippen LogP contribution in [-0.2, 0) is 24.6 Å². The molecule has 28 heavy (non-hydrogen) atoms. The Morgan fingerprint density at radius 3 is 2.93 bits per heavy atom. The molecule has 1 aliphatic heterocycles. The molecule has 0 spiro atoms. The Balaban J connectivity index is 2.07. The van der Waals surface area contributed by atoms with Crippen molar-refractivity contribution in [3.63, 3.8) is 0 Å². The van der Waals surface area contributed by atoms with Crippen LogP contribution < -0.4 is 0 Å². The molecule has 2 aromatic heterocycles. The van der Waals surface area contributed by atoms with Gasteiger partial charge in [0.05, 0.1) is 16.5 Å². The quantitative estimate of drug-likeness (QED) is 0.324. The third kappa shape index (κ3) is 3.99. The Kier molecular flexibility index (Phi) is 5.93. The maximum absolute atomic E-state index is 11.2. The van der Waals surface area contributed by atoms with Crippen molar-refractivity contribution in [2.75, 3.05) is 12.9 Å². The average molecular weight is 424 g/mol. The van der Waals surface area contributed by atoms with Crippen molar-refractivity contribution in [3.05, 3.63) is 16.6 Å². The first kappa shape index (κ1) is 21.0. The zero-order chi connectivity index (χ0) is 20.5. The molecule has 10 heteroatoms. The molecular weight excluding hydrogens is 402 g/mol. The second kappa shape index (κ2) is 7.93. The minimum Gasteiger partial charge on any atom is -0.463 e. The summed E-state index contributed by atoms with van der Waals surface area (Å²) in [5, 5.41) is 23.9. The summed E-state index contributed by atoms with van der Waals surface area (Å²) in [5.41, 5.74) is -0.871. The van der Waals surface area contributed by atoms with Crippen LogP contribution in [0.2, 0.25) is 0 Å². The number of nitrogens with zero attached hydrogens (tertiary/aromatic N) is 3. The summed E-state index contributed by atoms with van der Waals surface area (Å²) < 4.78 is 17.0. The monoisotopic (exact) mass is 423 g/mol. The van der Waals surface area contributed by atoms with Crippen molar-refractivity contribution in [2.45, 2.75) is 55.8 Å². The zero-order valence-corrected chi connectivity index (χ0v) is 17.6. The van der Waals surface area contributed by atoms with Crippen LogP contribution in [0.5, 0.6) is 0 Å². The minimum atomic E-state index is -1.48. The SMILES string of the molecule is CSc1ncnc2c([C@]3(C#N)O[C@H](COC(C)=O)C[C@H]3OC(C)(C)O)scc12. The molecule has 0 unspecified atom stereocenters. The molecular formula is C18H21N3O5S2. The standard InChI is InChI=1S/C18H21N3O5S2/c1-10(22)24-6-11-5-13(26-17(2,3)23)18(8-19,25-11)15-14-12(7-28-15)16(27-4)21-9-20-14/h7,9,11,13,23H,5-6H2,1-4H3/t11-,13+,18+/m0/s1. The molecule has 2 aromatic rings. The number of carbonyl (C=O) groups is 1. The van der Waals surface area contributed by atoms with Crippen molar-refractivity contribution in [1.29, 1.82) is 5.26 Å². The van der Waals surface area contributed by atoms with Crippen LogP contribution in [0.15, 0.2) is 16.7 Å². The van der Waals surface area contributed by atoms with E-state index in [1.54, 1.807) is 0 Å². The largest absolute Gasteiger partial charge is 0.463 e. The fraction of sp³-hybridized carbons (Fsp3) is 0.556. The summed E-state index contributed by atoms with van der Waals surface area (Å²) in [6.07, 6.45) is 2.33. The number of rotatable bonds is 6. The van der Waals surface area contributed by atoms with Gasteiger partial charge in [0.15, 0.2) is 5.79 Å². The van der Waals surface area contributed by atoms with Gasteiger partial charge in [-0.2, -0.15) is 5.26 Å².